The maximum absolute atomic E-state index is 4.61. The predicted molar refractivity (Wildman–Crippen MR) is 75.5 cm³/mol. The van der Waals surface area contributed by atoms with Crippen LogP contribution >= 0.6 is 0 Å². The lowest BCUT2D eigenvalue weighted by molar-refractivity contribution is 0.468. The molecule has 18 heavy (non-hydrogen) atoms. The van der Waals surface area contributed by atoms with Gasteiger partial charge in [0, 0.05) is 36.8 Å². The van der Waals surface area contributed by atoms with E-state index < -0.39 is 0 Å². The van der Waals surface area contributed by atoms with Crippen LogP contribution in [-0.4, -0.2) is 15.8 Å². The fourth-order valence-electron chi connectivity index (χ4n) is 2.53. The zero-order chi connectivity index (χ0) is 13.2. The highest BCUT2D eigenvalue weighted by Gasteiger charge is 2.22. The van der Waals surface area contributed by atoms with Crippen molar-refractivity contribution in [3.63, 3.8) is 0 Å². The summed E-state index contributed by atoms with van der Waals surface area (Å²) < 4.78 is 1.93. The lowest BCUT2D eigenvalue weighted by atomic mass is 9.89. The lowest BCUT2D eigenvalue weighted by Gasteiger charge is -2.21. The third-order valence-electron chi connectivity index (χ3n) is 3.47. The molecule has 1 atom stereocenters. The van der Waals surface area contributed by atoms with Gasteiger partial charge in [0.25, 0.3) is 0 Å². The fraction of sp³-hybridized carbons (Fsp3) is 0.667. The van der Waals surface area contributed by atoms with Crippen molar-refractivity contribution in [2.75, 3.05) is 0 Å². The second kappa shape index (κ2) is 5.27. The van der Waals surface area contributed by atoms with Crippen LogP contribution in [0, 0.1) is 0 Å². The van der Waals surface area contributed by atoms with E-state index in [1.54, 1.807) is 0 Å². The molecule has 1 aromatic rings. The average molecular weight is 247 g/mol. The molecule has 3 heteroatoms. The molecular weight excluding hydrogens is 222 g/mol. The molecule has 0 saturated carbocycles. The van der Waals surface area contributed by atoms with Gasteiger partial charge in [-0.15, -0.1) is 0 Å². The van der Waals surface area contributed by atoms with Gasteiger partial charge in [-0.25, -0.2) is 0 Å². The molecule has 1 N–H and O–H groups in total. The minimum atomic E-state index is 0.116. The second-order valence-corrected chi connectivity index (χ2v) is 6.29. The average Bonchev–Trinajstić information content (AvgIpc) is 2.69. The molecular formula is C15H25N3. The van der Waals surface area contributed by atoms with Crippen LogP contribution < -0.4 is 5.32 Å². The summed E-state index contributed by atoms with van der Waals surface area (Å²) in [4.78, 5) is 0. The van der Waals surface area contributed by atoms with Crippen LogP contribution in [0.25, 0.3) is 0 Å². The normalized spacial score (nSPS) is 20.3. The van der Waals surface area contributed by atoms with Gasteiger partial charge in [0.15, 0.2) is 0 Å². The zero-order valence-corrected chi connectivity index (χ0v) is 12.0. The summed E-state index contributed by atoms with van der Waals surface area (Å²) in [5.74, 6) is 0. The van der Waals surface area contributed by atoms with E-state index in [0.29, 0.717) is 6.04 Å². The number of hydrogen-bond acceptors (Lipinski definition) is 2. The molecule has 0 fully saturated rings. The molecule has 1 aliphatic carbocycles. The van der Waals surface area contributed by atoms with Crippen molar-refractivity contribution < 1.29 is 0 Å². The maximum atomic E-state index is 4.61. The summed E-state index contributed by atoms with van der Waals surface area (Å²) in [5, 5.41) is 8.27. The van der Waals surface area contributed by atoms with Crippen LogP contribution in [0.4, 0.5) is 0 Å². The van der Waals surface area contributed by atoms with Gasteiger partial charge < -0.3 is 5.32 Å². The Balaban J connectivity index is 2.02. The largest absolute Gasteiger partial charge is 0.309 e. The number of aryl methyl sites for hydroxylation is 1. The summed E-state index contributed by atoms with van der Waals surface area (Å²) in [6.45, 7) is 7.60. The summed E-state index contributed by atoms with van der Waals surface area (Å²) in [7, 11) is 2.00. The first-order valence-corrected chi connectivity index (χ1v) is 6.88. The quantitative estimate of drug-likeness (QED) is 0.832. The maximum Gasteiger partial charge on any atom is 0.0722 e. The summed E-state index contributed by atoms with van der Waals surface area (Å²) in [6, 6.07) is 0.628. The number of hydrogen-bond donors (Lipinski definition) is 1. The van der Waals surface area contributed by atoms with E-state index in [9.17, 15) is 0 Å². The summed E-state index contributed by atoms with van der Waals surface area (Å²) >= 11 is 0. The van der Waals surface area contributed by atoms with Gasteiger partial charge in [0.1, 0.15) is 0 Å². The van der Waals surface area contributed by atoms with Gasteiger partial charge in [-0.1, -0.05) is 32.9 Å². The van der Waals surface area contributed by atoms with Crippen LogP contribution in [0.15, 0.2) is 18.3 Å². The standard InChI is InChI=1S/C15H25N3/c1-15(2,3)14-12(11-18(4)17-14)10-16-13-8-6-5-7-9-13/h5-6,11,13,16H,7-10H2,1-4H3. The number of aromatic nitrogens is 2. The van der Waals surface area contributed by atoms with E-state index in [4.69, 9.17) is 0 Å². The van der Waals surface area contributed by atoms with Crippen LogP contribution in [0.3, 0.4) is 0 Å². The van der Waals surface area contributed by atoms with Crippen molar-refractivity contribution in [3.8, 4) is 0 Å². The van der Waals surface area contributed by atoms with E-state index >= 15 is 0 Å². The van der Waals surface area contributed by atoms with E-state index in [-0.39, 0.29) is 5.41 Å². The molecule has 0 bridgehead atoms. The molecule has 0 radical (unpaired) electrons. The van der Waals surface area contributed by atoms with Crippen molar-refractivity contribution in [2.45, 2.75) is 58.0 Å². The SMILES string of the molecule is Cn1cc(CNC2CC=CCC2)c(C(C)(C)C)n1. The van der Waals surface area contributed by atoms with Gasteiger partial charge in [-0.3, -0.25) is 4.68 Å². The smallest absolute Gasteiger partial charge is 0.0722 e. The Bertz CT molecular complexity index is 423. The molecule has 0 aliphatic heterocycles. The lowest BCUT2D eigenvalue weighted by Crippen LogP contribution is -2.30. The Morgan fingerprint density at radius 2 is 2.17 bits per heavy atom. The van der Waals surface area contributed by atoms with Crippen molar-refractivity contribution >= 4 is 0 Å². The number of rotatable bonds is 3. The highest BCUT2D eigenvalue weighted by Crippen LogP contribution is 2.24. The minimum absolute atomic E-state index is 0.116. The van der Waals surface area contributed by atoms with Crippen molar-refractivity contribution in [3.05, 3.63) is 29.6 Å². The van der Waals surface area contributed by atoms with Crippen molar-refractivity contribution in [1.82, 2.24) is 15.1 Å². The van der Waals surface area contributed by atoms with Gasteiger partial charge in [0.2, 0.25) is 0 Å². The van der Waals surface area contributed by atoms with Crippen LogP contribution in [0.2, 0.25) is 0 Å². The van der Waals surface area contributed by atoms with Crippen molar-refractivity contribution in [1.29, 1.82) is 0 Å². The van der Waals surface area contributed by atoms with E-state index in [1.165, 1.54) is 24.1 Å². The van der Waals surface area contributed by atoms with Gasteiger partial charge >= 0.3 is 0 Å². The molecule has 1 aliphatic rings. The number of nitrogens with one attached hydrogen (secondary N) is 1. The Kier molecular flexibility index (Phi) is 3.91. The first-order chi connectivity index (χ1) is 8.47. The third kappa shape index (κ3) is 3.22. The Morgan fingerprint density at radius 3 is 2.78 bits per heavy atom. The van der Waals surface area contributed by atoms with Gasteiger partial charge in [0.05, 0.1) is 5.69 Å². The highest BCUT2D eigenvalue weighted by atomic mass is 15.3. The molecule has 3 nitrogen and oxygen atoms in total. The molecule has 0 aromatic carbocycles. The summed E-state index contributed by atoms with van der Waals surface area (Å²) in [6.07, 6.45) is 10.3. The molecule has 1 aromatic heterocycles. The minimum Gasteiger partial charge on any atom is -0.309 e. The first-order valence-electron chi connectivity index (χ1n) is 6.88. The molecule has 0 saturated heterocycles. The van der Waals surface area contributed by atoms with Crippen molar-refractivity contribution in [2.24, 2.45) is 7.05 Å². The third-order valence-corrected chi connectivity index (χ3v) is 3.47. The fourth-order valence-corrected chi connectivity index (χ4v) is 2.53. The Hall–Kier alpha value is -1.09. The molecule has 1 heterocycles. The van der Waals surface area contributed by atoms with Gasteiger partial charge in [-0.2, -0.15) is 5.10 Å². The Labute approximate surface area is 110 Å². The van der Waals surface area contributed by atoms with E-state index in [1.807, 2.05) is 11.7 Å². The number of allylic oxidation sites excluding steroid dienone is 1. The van der Waals surface area contributed by atoms with E-state index in [2.05, 4.69) is 49.5 Å². The van der Waals surface area contributed by atoms with Crippen LogP contribution in [-0.2, 0) is 19.0 Å². The Morgan fingerprint density at radius 1 is 1.39 bits per heavy atom. The van der Waals surface area contributed by atoms with E-state index in [0.717, 1.165) is 13.0 Å². The second-order valence-electron chi connectivity index (χ2n) is 6.29. The molecule has 0 amide bonds. The predicted octanol–water partition coefficient (Wildman–Crippen LogP) is 2.92. The summed E-state index contributed by atoms with van der Waals surface area (Å²) in [5.41, 5.74) is 2.66. The van der Waals surface area contributed by atoms with Crippen LogP contribution in [0.5, 0.6) is 0 Å². The molecule has 100 valence electrons. The zero-order valence-electron chi connectivity index (χ0n) is 12.0. The topological polar surface area (TPSA) is 29.9 Å². The monoisotopic (exact) mass is 247 g/mol. The molecule has 0 spiro atoms. The number of nitrogens with zero attached hydrogens (tertiary/aromatic N) is 2. The first kappa shape index (κ1) is 13.3. The van der Waals surface area contributed by atoms with Gasteiger partial charge in [-0.05, 0) is 19.3 Å². The molecule has 1 unspecified atom stereocenters. The highest BCUT2D eigenvalue weighted by molar-refractivity contribution is 5.24. The van der Waals surface area contributed by atoms with Crippen LogP contribution in [0.1, 0.15) is 51.3 Å². The molecule has 2 rings (SSSR count).